The van der Waals surface area contributed by atoms with E-state index in [0.29, 0.717) is 11.3 Å². The summed E-state index contributed by atoms with van der Waals surface area (Å²) in [5.74, 6) is 0.199. The molecule has 0 aliphatic rings. The Morgan fingerprint density at radius 1 is 0.829 bits per heavy atom. The lowest BCUT2D eigenvalue weighted by Gasteiger charge is -2.30. The highest BCUT2D eigenvalue weighted by Crippen LogP contribution is 2.30. The van der Waals surface area contributed by atoms with Crippen LogP contribution in [0.4, 0.5) is 0 Å². The Morgan fingerprint density at radius 3 is 1.74 bits per heavy atom. The van der Waals surface area contributed by atoms with Crippen molar-refractivity contribution >= 4 is 29.6 Å². The predicted molar refractivity (Wildman–Crippen MR) is 149 cm³/mol. The lowest BCUT2D eigenvalue weighted by Crippen LogP contribution is -2.43. The van der Waals surface area contributed by atoms with E-state index in [1.807, 2.05) is 98.9 Å². The van der Waals surface area contributed by atoms with Gasteiger partial charge in [0.1, 0.15) is 11.4 Å². The molecule has 0 unspecified atom stereocenters. The van der Waals surface area contributed by atoms with Gasteiger partial charge in [-0.05, 0) is 127 Å². The van der Waals surface area contributed by atoms with Gasteiger partial charge in [-0.1, -0.05) is 19.9 Å². The average Bonchev–Trinajstić information content (AvgIpc) is 2.74. The highest BCUT2D eigenvalue weighted by Gasteiger charge is 2.35. The normalized spacial score (nSPS) is 11.7. The minimum Gasteiger partial charge on any atom is -0.476 e. The van der Waals surface area contributed by atoms with Gasteiger partial charge >= 0.3 is 5.97 Å². The number of ether oxygens (including phenoxy) is 2. The quantitative estimate of drug-likeness (QED) is 0.167. The molecule has 0 amide bonds. The number of allylic oxidation sites excluding steroid dienone is 1. The molecular weight excluding hydrogens is 456 g/mol. The van der Waals surface area contributed by atoms with Crippen molar-refractivity contribution in [2.24, 2.45) is 0 Å². The molecule has 2 aromatic carbocycles. The Kier molecular flexibility index (Phi) is 10.8. The molecular formula is C30H42O4S. The third kappa shape index (κ3) is 8.57. The number of hydrogen-bond acceptors (Lipinski definition) is 5. The molecule has 0 atom stereocenters. The van der Waals surface area contributed by atoms with Crippen LogP contribution in [-0.2, 0) is 9.53 Å². The molecule has 0 saturated heterocycles. The van der Waals surface area contributed by atoms with Crippen LogP contribution in [0.3, 0.4) is 0 Å². The molecule has 2 rings (SSSR count). The topological polar surface area (TPSA) is 52.6 Å². The number of benzene rings is 2. The maximum atomic E-state index is 12.8. The number of aryl methyl sites for hydroxylation is 4. The number of thioether (sulfide) groups is 1. The number of carbonyl (C=O) groups excluding carboxylic acids is 2. The molecule has 0 aliphatic heterocycles. The molecule has 0 bridgehead atoms. The van der Waals surface area contributed by atoms with Gasteiger partial charge in [0, 0.05) is 10.5 Å². The number of carbonyl (C=O) groups is 2. The summed E-state index contributed by atoms with van der Waals surface area (Å²) in [6.45, 7) is 20.8. The number of ketones is 1. The van der Waals surface area contributed by atoms with Crippen molar-refractivity contribution in [3.8, 4) is 5.75 Å². The molecule has 0 heterocycles. The van der Waals surface area contributed by atoms with Crippen LogP contribution >= 0.6 is 11.8 Å². The van der Waals surface area contributed by atoms with Crippen LogP contribution in [0.1, 0.15) is 86.6 Å². The third-order valence-electron chi connectivity index (χ3n) is 5.11. The van der Waals surface area contributed by atoms with Crippen LogP contribution in [0.25, 0.3) is 6.08 Å². The van der Waals surface area contributed by atoms with Crippen LogP contribution in [0.15, 0.2) is 35.2 Å². The molecule has 0 radical (unpaired) electrons. The van der Waals surface area contributed by atoms with E-state index in [4.69, 9.17) is 9.47 Å². The first-order valence-electron chi connectivity index (χ1n) is 12.1. The predicted octanol–water partition coefficient (Wildman–Crippen LogP) is 8.06. The van der Waals surface area contributed by atoms with E-state index in [9.17, 15) is 9.59 Å². The molecule has 0 N–H and O–H groups in total. The molecule has 0 spiro atoms. The van der Waals surface area contributed by atoms with E-state index >= 15 is 0 Å². The van der Waals surface area contributed by atoms with Gasteiger partial charge in [-0.25, -0.2) is 4.79 Å². The molecule has 5 heteroatoms. The number of esters is 1. The standard InChI is InChI=1S/C28H36O4S.C2H6/c1-17-13-21(11-12-23(29)22-15-19(3)25(33-10)20(4)16-22)14-18(2)24(17)31-28(8,9)26(30)32-27(5,6)7;1-2/h11-16H,1-10H3;1-2H3/b12-11+;. The molecule has 0 fully saturated rings. The highest BCUT2D eigenvalue weighted by molar-refractivity contribution is 7.98. The van der Waals surface area contributed by atoms with Crippen LogP contribution < -0.4 is 4.74 Å². The van der Waals surface area contributed by atoms with Gasteiger partial charge in [0.25, 0.3) is 0 Å². The van der Waals surface area contributed by atoms with Crippen molar-refractivity contribution < 1.29 is 19.1 Å². The summed E-state index contributed by atoms with van der Waals surface area (Å²) >= 11 is 1.70. The van der Waals surface area contributed by atoms with Gasteiger partial charge in [0.2, 0.25) is 0 Å². The van der Waals surface area contributed by atoms with Crippen LogP contribution in [0.5, 0.6) is 5.75 Å². The van der Waals surface area contributed by atoms with Gasteiger partial charge in [-0.2, -0.15) is 0 Å². The fourth-order valence-corrected chi connectivity index (χ4v) is 4.38. The first-order chi connectivity index (χ1) is 16.1. The van der Waals surface area contributed by atoms with Gasteiger partial charge < -0.3 is 9.47 Å². The van der Waals surface area contributed by atoms with E-state index in [2.05, 4.69) is 0 Å². The van der Waals surface area contributed by atoms with E-state index in [1.54, 1.807) is 31.7 Å². The van der Waals surface area contributed by atoms with Gasteiger partial charge in [-0.15, -0.1) is 11.8 Å². The van der Waals surface area contributed by atoms with Crippen molar-refractivity contribution in [2.45, 2.75) is 92.3 Å². The van der Waals surface area contributed by atoms with Gasteiger partial charge in [0.05, 0.1) is 0 Å². The fraction of sp³-hybridized carbons (Fsp3) is 0.467. The summed E-state index contributed by atoms with van der Waals surface area (Å²) in [4.78, 5) is 26.6. The minimum atomic E-state index is -1.13. The lowest BCUT2D eigenvalue weighted by atomic mass is 10.0. The summed E-state index contributed by atoms with van der Waals surface area (Å²) in [5, 5.41) is 0. The molecule has 192 valence electrons. The summed E-state index contributed by atoms with van der Waals surface area (Å²) in [6, 6.07) is 7.78. The fourth-order valence-electron chi connectivity index (χ4n) is 3.62. The second-order valence-electron chi connectivity index (χ2n) is 9.94. The Bertz CT molecular complexity index is 1040. The summed E-state index contributed by atoms with van der Waals surface area (Å²) < 4.78 is 11.6. The monoisotopic (exact) mass is 498 g/mol. The van der Waals surface area contributed by atoms with E-state index in [-0.39, 0.29) is 5.78 Å². The molecule has 0 aromatic heterocycles. The lowest BCUT2D eigenvalue weighted by molar-refractivity contribution is -0.171. The molecule has 0 aliphatic carbocycles. The highest BCUT2D eigenvalue weighted by atomic mass is 32.2. The van der Waals surface area contributed by atoms with Crippen molar-refractivity contribution in [1.29, 1.82) is 0 Å². The molecule has 2 aromatic rings. The van der Waals surface area contributed by atoms with Crippen LogP contribution in [0.2, 0.25) is 0 Å². The first kappa shape index (κ1) is 30.5. The third-order valence-corrected chi connectivity index (χ3v) is 6.16. The maximum absolute atomic E-state index is 12.8. The van der Waals surface area contributed by atoms with Crippen LogP contribution in [-0.4, -0.2) is 29.2 Å². The maximum Gasteiger partial charge on any atom is 0.350 e. The molecule has 0 saturated carbocycles. The van der Waals surface area contributed by atoms with Crippen molar-refractivity contribution in [1.82, 2.24) is 0 Å². The Labute approximate surface area is 216 Å². The Morgan fingerprint density at radius 2 is 1.31 bits per heavy atom. The van der Waals surface area contributed by atoms with Gasteiger partial charge in [0.15, 0.2) is 11.4 Å². The van der Waals surface area contributed by atoms with E-state index in [1.165, 1.54) is 4.90 Å². The SMILES string of the molecule is CC.CSc1c(C)cc(C(=O)/C=C/c2cc(C)c(OC(C)(C)C(=O)OC(C)(C)C)c(C)c2)cc1C. The summed E-state index contributed by atoms with van der Waals surface area (Å²) in [7, 11) is 0. The first-order valence-corrected chi connectivity index (χ1v) is 13.3. The zero-order valence-corrected chi connectivity index (χ0v) is 24.3. The minimum absolute atomic E-state index is 0.0319. The molecule has 35 heavy (non-hydrogen) atoms. The average molecular weight is 499 g/mol. The Hall–Kier alpha value is -2.53. The van der Waals surface area contributed by atoms with Crippen molar-refractivity contribution in [3.05, 3.63) is 63.7 Å². The van der Waals surface area contributed by atoms with E-state index in [0.717, 1.165) is 27.8 Å². The van der Waals surface area contributed by atoms with Crippen molar-refractivity contribution in [3.63, 3.8) is 0 Å². The van der Waals surface area contributed by atoms with Crippen molar-refractivity contribution in [2.75, 3.05) is 6.26 Å². The smallest absolute Gasteiger partial charge is 0.350 e. The zero-order valence-electron chi connectivity index (χ0n) is 23.5. The second kappa shape index (κ2) is 12.4. The zero-order chi connectivity index (χ0) is 27.1. The van der Waals surface area contributed by atoms with Crippen LogP contribution in [0, 0.1) is 27.7 Å². The number of hydrogen-bond donors (Lipinski definition) is 0. The second-order valence-corrected chi connectivity index (χ2v) is 10.8. The Balaban J connectivity index is 0.00000298. The number of rotatable bonds is 7. The summed E-state index contributed by atoms with van der Waals surface area (Å²) in [6.07, 6.45) is 5.47. The van der Waals surface area contributed by atoms with Gasteiger partial charge in [-0.3, -0.25) is 4.79 Å². The van der Waals surface area contributed by atoms with E-state index < -0.39 is 17.2 Å². The largest absolute Gasteiger partial charge is 0.476 e. The molecule has 4 nitrogen and oxygen atoms in total. The summed E-state index contributed by atoms with van der Waals surface area (Å²) in [5.41, 5.74) is 3.86.